The molecule has 1 aromatic carbocycles. The third-order valence-corrected chi connectivity index (χ3v) is 4.25. The molecule has 2 rings (SSSR count). The molecule has 0 aromatic heterocycles. The predicted molar refractivity (Wildman–Crippen MR) is 87.8 cm³/mol. The van der Waals surface area contributed by atoms with Crippen LogP contribution in [0.5, 0.6) is 0 Å². The number of carbonyl (C=O) groups is 2. The van der Waals surface area contributed by atoms with Gasteiger partial charge in [0.25, 0.3) is 0 Å². The summed E-state index contributed by atoms with van der Waals surface area (Å²) in [5.41, 5.74) is 0.968. The van der Waals surface area contributed by atoms with Crippen LogP contribution in [0.25, 0.3) is 0 Å². The minimum Gasteiger partial charge on any atom is -0.339 e. The zero-order chi connectivity index (χ0) is 15.9. The summed E-state index contributed by atoms with van der Waals surface area (Å²) in [5, 5.41) is 0.676. The largest absolute Gasteiger partial charge is 0.339 e. The van der Waals surface area contributed by atoms with Gasteiger partial charge >= 0.3 is 0 Å². The van der Waals surface area contributed by atoms with E-state index in [1.807, 2.05) is 21.9 Å². The number of benzene rings is 1. The van der Waals surface area contributed by atoms with Gasteiger partial charge in [-0.25, -0.2) is 0 Å². The highest BCUT2D eigenvalue weighted by Crippen LogP contribution is 2.12. The van der Waals surface area contributed by atoms with Crippen molar-refractivity contribution in [2.24, 2.45) is 0 Å². The number of piperazine rings is 1. The van der Waals surface area contributed by atoms with Crippen LogP contribution in [0.2, 0.25) is 5.02 Å². The van der Waals surface area contributed by atoms with Crippen molar-refractivity contribution < 1.29 is 9.59 Å². The number of amides is 2. The van der Waals surface area contributed by atoms with Crippen LogP contribution >= 0.6 is 11.6 Å². The second-order valence-electron chi connectivity index (χ2n) is 5.67. The summed E-state index contributed by atoms with van der Waals surface area (Å²) in [5.74, 6) is 0.328. The Morgan fingerprint density at radius 1 is 1.00 bits per heavy atom. The summed E-state index contributed by atoms with van der Waals surface area (Å²) >= 11 is 5.85. The van der Waals surface area contributed by atoms with Crippen LogP contribution in [0.1, 0.15) is 31.7 Å². The lowest BCUT2D eigenvalue weighted by Crippen LogP contribution is -2.50. The zero-order valence-electron chi connectivity index (χ0n) is 13.1. The lowest BCUT2D eigenvalue weighted by molar-refractivity contribution is -0.139. The van der Waals surface area contributed by atoms with Crippen LogP contribution in [0.4, 0.5) is 0 Å². The van der Waals surface area contributed by atoms with Gasteiger partial charge in [-0.2, -0.15) is 0 Å². The molecule has 1 saturated heterocycles. The van der Waals surface area contributed by atoms with Crippen molar-refractivity contribution >= 4 is 23.4 Å². The summed E-state index contributed by atoms with van der Waals surface area (Å²) < 4.78 is 0. The second-order valence-corrected chi connectivity index (χ2v) is 6.10. The Morgan fingerprint density at radius 2 is 1.55 bits per heavy atom. The lowest BCUT2D eigenvalue weighted by atomic mass is 10.1. The summed E-state index contributed by atoms with van der Waals surface area (Å²) in [4.78, 5) is 28.0. The van der Waals surface area contributed by atoms with Gasteiger partial charge in [0, 0.05) is 37.6 Å². The molecule has 0 aliphatic carbocycles. The van der Waals surface area contributed by atoms with E-state index in [2.05, 4.69) is 6.92 Å². The number of hydrogen-bond acceptors (Lipinski definition) is 2. The Labute approximate surface area is 137 Å². The molecule has 0 bridgehead atoms. The molecule has 120 valence electrons. The number of unbranched alkanes of at least 4 members (excludes halogenated alkanes) is 1. The first-order valence-corrected chi connectivity index (χ1v) is 8.28. The number of nitrogens with zero attached hydrogens (tertiary/aromatic N) is 2. The van der Waals surface area contributed by atoms with E-state index in [9.17, 15) is 9.59 Å². The van der Waals surface area contributed by atoms with Gasteiger partial charge in [0.05, 0.1) is 6.42 Å². The van der Waals surface area contributed by atoms with Crippen molar-refractivity contribution in [2.75, 3.05) is 26.2 Å². The fraction of sp³-hybridized carbons (Fsp3) is 0.529. The molecule has 1 aromatic rings. The van der Waals surface area contributed by atoms with E-state index in [0.29, 0.717) is 44.0 Å². The quantitative estimate of drug-likeness (QED) is 0.836. The fourth-order valence-electron chi connectivity index (χ4n) is 2.58. The SMILES string of the molecule is CCCCC(=O)N1CCN(C(=O)Cc2ccc(Cl)cc2)CC1. The summed E-state index contributed by atoms with van der Waals surface area (Å²) in [6.45, 7) is 4.64. The number of hydrogen-bond donors (Lipinski definition) is 0. The van der Waals surface area contributed by atoms with E-state index < -0.39 is 0 Å². The predicted octanol–water partition coefficient (Wildman–Crippen LogP) is 2.74. The molecule has 0 radical (unpaired) electrons. The third kappa shape index (κ3) is 4.73. The molecule has 1 aliphatic heterocycles. The van der Waals surface area contributed by atoms with Gasteiger partial charge in [-0.3, -0.25) is 9.59 Å². The molecule has 1 fully saturated rings. The molecule has 0 N–H and O–H groups in total. The highest BCUT2D eigenvalue weighted by atomic mass is 35.5. The standard InChI is InChI=1S/C17H23ClN2O2/c1-2-3-4-16(21)19-9-11-20(12-10-19)17(22)13-14-5-7-15(18)8-6-14/h5-8H,2-4,9-13H2,1H3. The number of carbonyl (C=O) groups excluding carboxylic acids is 2. The molecule has 0 unspecified atom stereocenters. The van der Waals surface area contributed by atoms with Crippen molar-refractivity contribution in [3.05, 3.63) is 34.9 Å². The summed E-state index contributed by atoms with van der Waals surface area (Å²) in [7, 11) is 0. The Bertz CT molecular complexity index is 508. The minimum absolute atomic E-state index is 0.114. The van der Waals surface area contributed by atoms with Gasteiger partial charge in [-0.05, 0) is 24.1 Å². The Morgan fingerprint density at radius 3 is 2.09 bits per heavy atom. The minimum atomic E-state index is 0.114. The van der Waals surface area contributed by atoms with E-state index >= 15 is 0 Å². The van der Waals surface area contributed by atoms with Crippen LogP contribution in [-0.2, 0) is 16.0 Å². The van der Waals surface area contributed by atoms with E-state index in [1.54, 1.807) is 12.1 Å². The molecule has 1 heterocycles. The first-order valence-electron chi connectivity index (χ1n) is 7.90. The zero-order valence-corrected chi connectivity index (χ0v) is 13.8. The fourth-order valence-corrected chi connectivity index (χ4v) is 2.71. The average Bonchev–Trinajstić information content (AvgIpc) is 2.55. The lowest BCUT2D eigenvalue weighted by Gasteiger charge is -2.35. The van der Waals surface area contributed by atoms with Crippen LogP contribution in [0, 0.1) is 0 Å². The van der Waals surface area contributed by atoms with E-state index in [0.717, 1.165) is 18.4 Å². The van der Waals surface area contributed by atoms with Gasteiger partial charge < -0.3 is 9.80 Å². The highest BCUT2D eigenvalue weighted by Gasteiger charge is 2.23. The Kier molecular flexibility index (Phi) is 6.25. The van der Waals surface area contributed by atoms with Gasteiger partial charge in [0.2, 0.25) is 11.8 Å². The van der Waals surface area contributed by atoms with Crippen molar-refractivity contribution in [1.82, 2.24) is 9.80 Å². The molecule has 0 spiro atoms. The third-order valence-electron chi connectivity index (χ3n) is 4.00. The monoisotopic (exact) mass is 322 g/mol. The molecule has 1 aliphatic rings. The first kappa shape index (κ1) is 16.8. The maximum atomic E-state index is 12.3. The topological polar surface area (TPSA) is 40.6 Å². The maximum Gasteiger partial charge on any atom is 0.227 e. The van der Waals surface area contributed by atoms with Crippen LogP contribution in [-0.4, -0.2) is 47.8 Å². The van der Waals surface area contributed by atoms with Gasteiger partial charge in [0.15, 0.2) is 0 Å². The van der Waals surface area contributed by atoms with Crippen molar-refractivity contribution in [3.63, 3.8) is 0 Å². The average molecular weight is 323 g/mol. The van der Waals surface area contributed by atoms with Gasteiger partial charge in [-0.15, -0.1) is 0 Å². The Hall–Kier alpha value is -1.55. The van der Waals surface area contributed by atoms with Gasteiger partial charge in [-0.1, -0.05) is 37.1 Å². The van der Waals surface area contributed by atoms with Crippen LogP contribution in [0.3, 0.4) is 0 Å². The molecular formula is C17H23ClN2O2. The highest BCUT2D eigenvalue weighted by molar-refractivity contribution is 6.30. The normalized spacial score (nSPS) is 15.0. The van der Waals surface area contributed by atoms with E-state index in [4.69, 9.17) is 11.6 Å². The summed E-state index contributed by atoms with van der Waals surface area (Å²) in [6, 6.07) is 7.36. The summed E-state index contributed by atoms with van der Waals surface area (Å²) in [6.07, 6.45) is 2.98. The first-order chi connectivity index (χ1) is 10.6. The molecule has 22 heavy (non-hydrogen) atoms. The smallest absolute Gasteiger partial charge is 0.227 e. The molecule has 5 heteroatoms. The van der Waals surface area contributed by atoms with Crippen molar-refractivity contribution in [3.8, 4) is 0 Å². The van der Waals surface area contributed by atoms with Crippen LogP contribution < -0.4 is 0 Å². The van der Waals surface area contributed by atoms with Gasteiger partial charge in [0.1, 0.15) is 0 Å². The number of rotatable bonds is 5. The van der Waals surface area contributed by atoms with E-state index in [1.165, 1.54) is 0 Å². The molecule has 0 saturated carbocycles. The molecule has 4 nitrogen and oxygen atoms in total. The van der Waals surface area contributed by atoms with Crippen molar-refractivity contribution in [1.29, 1.82) is 0 Å². The molecule has 2 amide bonds. The van der Waals surface area contributed by atoms with E-state index in [-0.39, 0.29) is 11.8 Å². The molecular weight excluding hydrogens is 300 g/mol. The molecule has 0 atom stereocenters. The Balaban J connectivity index is 1.79. The number of halogens is 1. The second kappa shape index (κ2) is 8.18. The van der Waals surface area contributed by atoms with Crippen molar-refractivity contribution in [2.45, 2.75) is 32.6 Å². The van der Waals surface area contributed by atoms with Crippen LogP contribution in [0.15, 0.2) is 24.3 Å². The maximum absolute atomic E-state index is 12.3.